The summed E-state index contributed by atoms with van der Waals surface area (Å²) in [6.07, 6.45) is 2.53. The van der Waals surface area contributed by atoms with Crippen molar-refractivity contribution in [3.05, 3.63) is 93.4 Å². The number of aryl methyl sites for hydroxylation is 1. The minimum Gasteiger partial charge on any atom is -0.502 e. The van der Waals surface area contributed by atoms with E-state index in [1.54, 1.807) is 31.4 Å². The van der Waals surface area contributed by atoms with Crippen LogP contribution in [0.2, 0.25) is 0 Å². The Morgan fingerprint density at radius 2 is 1.80 bits per heavy atom. The molecular weight excluding hydrogens is 454 g/mol. The van der Waals surface area contributed by atoms with Crippen molar-refractivity contribution < 1.29 is 28.8 Å². The highest BCUT2D eigenvalue weighted by atomic mass is 16.6. The van der Waals surface area contributed by atoms with Gasteiger partial charge in [-0.25, -0.2) is 0 Å². The maximum Gasteiger partial charge on any atom is 0.310 e. The summed E-state index contributed by atoms with van der Waals surface area (Å²) in [6.45, 7) is 1.80. The Labute approximate surface area is 200 Å². The lowest BCUT2D eigenvalue weighted by Gasteiger charge is -2.27. The number of nitro groups is 1. The van der Waals surface area contributed by atoms with Crippen molar-refractivity contribution in [1.82, 2.24) is 10.2 Å². The van der Waals surface area contributed by atoms with Gasteiger partial charge in [0.1, 0.15) is 11.8 Å². The Kier molecular flexibility index (Phi) is 6.63. The smallest absolute Gasteiger partial charge is 0.310 e. The number of phenols is 1. The normalized spacial score (nSPS) is 14.5. The molecule has 2 atom stereocenters. The van der Waals surface area contributed by atoms with Crippen molar-refractivity contribution in [2.75, 3.05) is 0 Å². The molecule has 35 heavy (non-hydrogen) atoms. The number of nitro benzene ring substituents is 1. The van der Waals surface area contributed by atoms with Crippen LogP contribution in [0.15, 0.2) is 65.3 Å². The zero-order valence-electron chi connectivity index (χ0n) is 18.8. The summed E-state index contributed by atoms with van der Waals surface area (Å²) in [5.41, 5.74) is 0.168. The number of carbonyl (C=O) groups is 3. The van der Waals surface area contributed by atoms with Gasteiger partial charge in [-0.05, 0) is 49.2 Å². The van der Waals surface area contributed by atoms with Crippen LogP contribution in [0.1, 0.15) is 45.4 Å². The molecule has 2 N–H and O–H groups in total. The van der Waals surface area contributed by atoms with Crippen molar-refractivity contribution in [2.24, 2.45) is 0 Å². The summed E-state index contributed by atoms with van der Waals surface area (Å²) >= 11 is 0. The molecule has 180 valence electrons. The zero-order valence-corrected chi connectivity index (χ0v) is 18.8. The first-order chi connectivity index (χ1) is 16.8. The predicted octanol–water partition coefficient (Wildman–Crippen LogP) is 3.24. The molecule has 10 heteroatoms. The van der Waals surface area contributed by atoms with E-state index in [2.05, 4.69) is 5.32 Å². The van der Waals surface area contributed by atoms with Gasteiger partial charge in [0.2, 0.25) is 5.91 Å². The molecule has 3 aromatic rings. The number of fused-ring (bicyclic) bond motifs is 1. The van der Waals surface area contributed by atoms with E-state index in [1.165, 1.54) is 18.2 Å². The van der Waals surface area contributed by atoms with Crippen LogP contribution in [-0.4, -0.2) is 44.7 Å². The van der Waals surface area contributed by atoms with Gasteiger partial charge in [-0.3, -0.25) is 29.4 Å². The summed E-state index contributed by atoms with van der Waals surface area (Å²) in [5.74, 6) is -1.54. The van der Waals surface area contributed by atoms with Gasteiger partial charge < -0.3 is 14.8 Å². The lowest BCUT2D eigenvalue weighted by molar-refractivity contribution is -0.385. The van der Waals surface area contributed by atoms with E-state index in [1.807, 2.05) is 6.07 Å². The number of hydrogen-bond acceptors (Lipinski definition) is 7. The standard InChI is InChI=1S/C25H23N3O7/c1-15(8-10-17-5-4-12-35-17)26-23(30)21(14-16-9-11-22(29)20(13-16)28(33)34)27-24(31)18-6-2-3-7-19(18)25(27)32/h2-7,9,11-13,15,21,29H,8,10,14H2,1H3,(H,26,30)/t15-,21-/m1/s1. The van der Waals surface area contributed by atoms with Crippen LogP contribution in [0.3, 0.4) is 0 Å². The largest absolute Gasteiger partial charge is 0.502 e. The third-order valence-corrected chi connectivity index (χ3v) is 5.90. The minimum atomic E-state index is -1.25. The molecule has 1 aromatic heterocycles. The average Bonchev–Trinajstić information content (AvgIpc) is 3.44. The molecule has 0 spiro atoms. The molecule has 0 saturated carbocycles. The van der Waals surface area contributed by atoms with Crippen molar-refractivity contribution in [3.63, 3.8) is 0 Å². The topological polar surface area (TPSA) is 143 Å². The van der Waals surface area contributed by atoms with Gasteiger partial charge in [-0.1, -0.05) is 18.2 Å². The molecule has 0 unspecified atom stereocenters. The van der Waals surface area contributed by atoms with E-state index in [4.69, 9.17) is 4.42 Å². The summed E-state index contributed by atoms with van der Waals surface area (Å²) in [6, 6.07) is 12.0. The molecule has 2 aromatic carbocycles. The van der Waals surface area contributed by atoms with Crippen LogP contribution in [-0.2, 0) is 17.6 Å². The van der Waals surface area contributed by atoms with Crippen LogP contribution >= 0.6 is 0 Å². The lowest BCUT2D eigenvalue weighted by atomic mass is 10.0. The van der Waals surface area contributed by atoms with Crippen LogP contribution in [0.4, 0.5) is 5.69 Å². The fourth-order valence-electron chi connectivity index (χ4n) is 4.08. The summed E-state index contributed by atoms with van der Waals surface area (Å²) in [4.78, 5) is 51.0. The third-order valence-electron chi connectivity index (χ3n) is 5.90. The first-order valence-corrected chi connectivity index (χ1v) is 11.0. The van der Waals surface area contributed by atoms with Crippen molar-refractivity contribution in [2.45, 2.75) is 38.3 Å². The van der Waals surface area contributed by atoms with E-state index in [0.29, 0.717) is 18.4 Å². The Bertz CT molecular complexity index is 1250. The minimum absolute atomic E-state index is 0.163. The van der Waals surface area contributed by atoms with Gasteiger partial charge in [0, 0.05) is 24.9 Å². The van der Waals surface area contributed by atoms with Crippen molar-refractivity contribution >= 4 is 23.4 Å². The molecule has 0 fully saturated rings. The highest BCUT2D eigenvalue weighted by Crippen LogP contribution is 2.30. The number of aromatic hydroxyl groups is 1. The molecular formula is C25H23N3O7. The summed E-state index contributed by atoms with van der Waals surface area (Å²) in [7, 11) is 0. The second kappa shape index (κ2) is 9.80. The molecule has 0 bridgehead atoms. The number of hydrogen-bond donors (Lipinski definition) is 2. The third kappa shape index (κ3) is 4.91. The fourth-order valence-corrected chi connectivity index (χ4v) is 4.08. The molecule has 4 rings (SSSR count). The van der Waals surface area contributed by atoms with E-state index < -0.39 is 40.1 Å². The van der Waals surface area contributed by atoms with E-state index >= 15 is 0 Å². The Morgan fingerprint density at radius 3 is 2.40 bits per heavy atom. The van der Waals surface area contributed by atoms with Crippen molar-refractivity contribution in [1.29, 1.82) is 0 Å². The second-order valence-corrected chi connectivity index (χ2v) is 8.35. The quantitative estimate of drug-likeness (QED) is 0.274. The van der Waals surface area contributed by atoms with Gasteiger partial charge in [0.05, 0.1) is 22.3 Å². The zero-order chi connectivity index (χ0) is 25.1. The SMILES string of the molecule is C[C@H](CCc1ccco1)NC(=O)[C@@H](Cc1ccc(O)c([N+](=O)[O-])c1)N1C(=O)c2ccccc2C1=O. The van der Waals surface area contributed by atoms with Crippen LogP contribution in [0.25, 0.3) is 0 Å². The van der Waals surface area contributed by atoms with Gasteiger partial charge in [-0.15, -0.1) is 0 Å². The Hall–Kier alpha value is -4.47. The number of furan rings is 1. The molecule has 1 aliphatic rings. The van der Waals surface area contributed by atoms with Gasteiger partial charge in [-0.2, -0.15) is 0 Å². The molecule has 10 nitrogen and oxygen atoms in total. The molecule has 2 heterocycles. The second-order valence-electron chi connectivity index (χ2n) is 8.35. The fraction of sp³-hybridized carbons (Fsp3) is 0.240. The molecule has 3 amide bonds. The molecule has 0 saturated heterocycles. The predicted molar refractivity (Wildman–Crippen MR) is 124 cm³/mol. The number of phenolic OH excluding ortho intramolecular Hbond substituents is 1. The molecule has 1 aliphatic heterocycles. The van der Waals surface area contributed by atoms with Gasteiger partial charge >= 0.3 is 5.69 Å². The lowest BCUT2D eigenvalue weighted by Crippen LogP contribution is -2.52. The number of rotatable bonds is 9. The maximum atomic E-state index is 13.4. The molecule has 0 radical (unpaired) electrons. The van der Waals surface area contributed by atoms with E-state index in [0.717, 1.165) is 22.8 Å². The summed E-state index contributed by atoms with van der Waals surface area (Å²) in [5, 5.41) is 23.9. The number of nitrogens with zero attached hydrogens (tertiary/aromatic N) is 2. The number of carbonyl (C=O) groups excluding carboxylic acids is 3. The van der Waals surface area contributed by atoms with E-state index in [-0.39, 0.29) is 23.6 Å². The number of nitrogens with one attached hydrogen (secondary N) is 1. The molecule has 0 aliphatic carbocycles. The number of amides is 3. The first kappa shape index (κ1) is 23.7. The van der Waals surface area contributed by atoms with Gasteiger partial charge in [0.15, 0.2) is 5.75 Å². The van der Waals surface area contributed by atoms with Crippen LogP contribution in [0.5, 0.6) is 5.75 Å². The van der Waals surface area contributed by atoms with E-state index in [9.17, 15) is 29.6 Å². The highest BCUT2D eigenvalue weighted by Gasteiger charge is 2.43. The van der Waals surface area contributed by atoms with Crippen LogP contribution in [0, 0.1) is 10.1 Å². The number of imide groups is 1. The Morgan fingerprint density at radius 1 is 1.11 bits per heavy atom. The first-order valence-electron chi connectivity index (χ1n) is 11.0. The monoisotopic (exact) mass is 477 g/mol. The number of benzene rings is 2. The average molecular weight is 477 g/mol. The van der Waals surface area contributed by atoms with Crippen LogP contribution < -0.4 is 5.32 Å². The maximum absolute atomic E-state index is 13.4. The van der Waals surface area contributed by atoms with Crippen molar-refractivity contribution in [3.8, 4) is 5.75 Å². The highest BCUT2D eigenvalue weighted by molar-refractivity contribution is 6.22. The Balaban J connectivity index is 1.60. The summed E-state index contributed by atoms with van der Waals surface area (Å²) < 4.78 is 5.32. The van der Waals surface area contributed by atoms with Gasteiger partial charge in [0.25, 0.3) is 11.8 Å².